The van der Waals surface area contributed by atoms with E-state index in [2.05, 4.69) is 0 Å². The average Bonchev–Trinajstić information content (AvgIpc) is 2.56. The van der Waals surface area contributed by atoms with Crippen LogP contribution in [0.15, 0.2) is 18.2 Å². The molecule has 0 spiro atoms. The molecular weight excluding hydrogens is 322 g/mol. The van der Waals surface area contributed by atoms with E-state index < -0.39 is 11.6 Å². The van der Waals surface area contributed by atoms with Crippen LogP contribution in [-0.4, -0.2) is 29.9 Å². The van der Waals surface area contributed by atoms with Gasteiger partial charge in [-0.3, -0.25) is 4.79 Å². The van der Waals surface area contributed by atoms with Gasteiger partial charge in [0.1, 0.15) is 11.6 Å². The molecule has 1 amide bonds. The van der Waals surface area contributed by atoms with E-state index in [4.69, 9.17) is 5.73 Å². The molecule has 1 fully saturated rings. The second-order valence-electron chi connectivity index (χ2n) is 8.34. The van der Waals surface area contributed by atoms with Crippen molar-refractivity contribution in [2.45, 2.75) is 65.0 Å². The highest BCUT2D eigenvalue weighted by molar-refractivity contribution is 5.81. The fourth-order valence-corrected chi connectivity index (χ4v) is 3.73. The van der Waals surface area contributed by atoms with Gasteiger partial charge in [-0.25, -0.2) is 8.78 Å². The van der Waals surface area contributed by atoms with Crippen LogP contribution in [-0.2, 0) is 11.2 Å². The predicted molar refractivity (Wildman–Crippen MR) is 96.0 cm³/mol. The Hall–Kier alpha value is -1.49. The molecule has 1 saturated carbocycles. The molecular formula is C20H30F2N2O. The molecule has 2 rings (SSSR count). The number of halogens is 2. The summed E-state index contributed by atoms with van der Waals surface area (Å²) in [4.78, 5) is 14.3. The fraction of sp³-hybridized carbons (Fsp3) is 0.650. The van der Waals surface area contributed by atoms with Gasteiger partial charge in [0.05, 0.1) is 0 Å². The summed E-state index contributed by atoms with van der Waals surface area (Å²) in [6, 6.07) is 3.55. The molecule has 1 atom stereocenters. The zero-order valence-electron chi connectivity index (χ0n) is 15.7. The third kappa shape index (κ3) is 5.00. The van der Waals surface area contributed by atoms with Crippen LogP contribution in [0.4, 0.5) is 8.78 Å². The van der Waals surface area contributed by atoms with E-state index >= 15 is 0 Å². The lowest BCUT2D eigenvalue weighted by Gasteiger charge is -2.39. The van der Waals surface area contributed by atoms with Crippen molar-refractivity contribution in [1.29, 1.82) is 0 Å². The Kier molecular flexibility index (Phi) is 6.20. The lowest BCUT2D eigenvalue weighted by molar-refractivity contribution is -0.141. The Bertz CT molecular complexity index is 604. The molecule has 1 aromatic rings. The van der Waals surface area contributed by atoms with Gasteiger partial charge in [-0.1, -0.05) is 20.8 Å². The maximum absolute atomic E-state index is 13.8. The zero-order valence-corrected chi connectivity index (χ0v) is 15.7. The van der Waals surface area contributed by atoms with Gasteiger partial charge in [0.15, 0.2) is 0 Å². The number of hydrogen-bond donors (Lipinski definition) is 1. The molecule has 0 bridgehead atoms. The first-order valence-electron chi connectivity index (χ1n) is 9.06. The van der Waals surface area contributed by atoms with E-state index in [1.165, 1.54) is 6.07 Å². The minimum atomic E-state index is -0.436. The zero-order chi connectivity index (χ0) is 18.8. The lowest BCUT2D eigenvalue weighted by atomic mass is 9.79. The van der Waals surface area contributed by atoms with E-state index in [9.17, 15) is 13.6 Å². The van der Waals surface area contributed by atoms with Crippen molar-refractivity contribution >= 4 is 5.91 Å². The van der Waals surface area contributed by atoms with Crippen LogP contribution in [0.3, 0.4) is 0 Å². The number of amides is 1. The van der Waals surface area contributed by atoms with Gasteiger partial charge in [-0.2, -0.15) is 0 Å². The number of nitrogens with zero attached hydrogens (tertiary/aromatic N) is 1. The van der Waals surface area contributed by atoms with E-state index in [0.717, 1.165) is 37.8 Å². The quantitative estimate of drug-likeness (QED) is 0.893. The summed E-state index contributed by atoms with van der Waals surface area (Å²) in [5.74, 6) is -0.408. The molecule has 0 unspecified atom stereocenters. The second-order valence-corrected chi connectivity index (χ2v) is 8.34. The molecule has 25 heavy (non-hydrogen) atoms. The predicted octanol–water partition coefficient (Wildman–Crippen LogP) is 3.90. The van der Waals surface area contributed by atoms with E-state index in [-0.39, 0.29) is 29.3 Å². The van der Waals surface area contributed by atoms with Crippen molar-refractivity contribution in [2.24, 2.45) is 17.1 Å². The van der Waals surface area contributed by atoms with Crippen LogP contribution < -0.4 is 5.73 Å². The second kappa shape index (κ2) is 7.81. The largest absolute Gasteiger partial charge is 0.342 e. The Balaban J connectivity index is 1.91. The molecule has 5 heteroatoms. The normalized spacial score (nSPS) is 22.5. The summed E-state index contributed by atoms with van der Waals surface area (Å²) >= 11 is 0. The Labute approximate surface area is 149 Å². The van der Waals surface area contributed by atoms with E-state index in [0.29, 0.717) is 12.0 Å². The number of nitrogens with two attached hydrogens (primary N) is 1. The van der Waals surface area contributed by atoms with Gasteiger partial charge in [-0.05, 0) is 61.8 Å². The average molecular weight is 352 g/mol. The van der Waals surface area contributed by atoms with Crippen molar-refractivity contribution in [3.05, 3.63) is 35.4 Å². The first-order chi connectivity index (χ1) is 11.6. The first kappa shape index (κ1) is 19.8. The molecule has 1 aromatic carbocycles. The van der Waals surface area contributed by atoms with Gasteiger partial charge in [0, 0.05) is 24.5 Å². The number of hydrogen-bond acceptors (Lipinski definition) is 2. The third-order valence-corrected chi connectivity index (χ3v) is 5.32. The van der Waals surface area contributed by atoms with Crippen molar-refractivity contribution in [2.75, 3.05) is 7.05 Å². The summed E-state index contributed by atoms with van der Waals surface area (Å²) < 4.78 is 27.1. The molecule has 1 aliphatic carbocycles. The van der Waals surface area contributed by atoms with E-state index in [1.807, 2.05) is 32.7 Å². The molecule has 1 aliphatic rings. The third-order valence-electron chi connectivity index (χ3n) is 5.32. The van der Waals surface area contributed by atoms with Gasteiger partial charge in [0.2, 0.25) is 5.91 Å². The molecule has 3 nitrogen and oxygen atoms in total. The Morgan fingerprint density at radius 2 is 1.84 bits per heavy atom. The highest BCUT2D eigenvalue weighted by Gasteiger charge is 2.33. The van der Waals surface area contributed by atoms with Gasteiger partial charge < -0.3 is 10.6 Å². The van der Waals surface area contributed by atoms with E-state index in [1.54, 1.807) is 0 Å². The Morgan fingerprint density at radius 1 is 1.24 bits per heavy atom. The smallest absolute Gasteiger partial charge is 0.227 e. The number of rotatable bonds is 4. The number of carbonyl (C=O) groups excluding carboxylic acids is 1. The van der Waals surface area contributed by atoms with Gasteiger partial charge in [-0.15, -0.1) is 0 Å². The minimum absolute atomic E-state index is 0.155. The van der Waals surface area contributed by atoms with Crippen molar-refractivity contribution in [3.8, 4) is 0 Å². The summed E-state index contributed by atoms with van der Waals surface area (Å²) in [5, 5.41) is 0. The minimum Gasteiger partial charge on any atom is -0.342 e. The molecule has 0 radical (unpaired) electrons. The maximum Gasteiger partial charge on any atom is 0.227 e. The summed E-state index contributed by atoms with van der Waals surface area (Å²) in [7, 11) is 1.88. The molecule has 140 valence electrons. The van der Waals surface area contributed by atoms with Crippen molar-refractivity contribution in [3.63, 3.8) is 0 Å². The first-order valence-corrected chi connectivity index (χ1v) is 9.06. The number of benzene rings is 1. The fourth-order valence-electron chi connectivity index (χ4n) is 3.73. The van der Waals surface area contributed by atoms with Crippen LogP contribution in [0.1, 0.15) is 52.0 Å². The Morgan fingerprint density at radius 3 is 2.40 bits per heavy atom. The SMILES string of the molecule is CN(C(=O)C(C)(C)C)C1CCC([C@H](N)Cc2cc(F)ccc2F)CC1. The molecule has 2 N–H and O–H groups in total. The topological polar surface area (TPSA) is 46.3 Å². The molecule has 0 aliphatic heterocycles. The van der Waals surface area contributed by atoms with Crippen LogP contribution in [0.5, 0.6) is 0 Å². The maximum atomic E-state index is 13.8. The van der Waals surface area contributed by atoms with Crippen LogP contribution in [0.25, 0.3) is 0 Å². The lowest BCUT2D eigenvalue weighted by Crippen LogP contribution is -2.46. The van der Waals surface area contributed by atoms with Gasteiger partial charge in [0.25, 0.3) is 0 Å². The van der Waals surface area contributed by atoms with Crippen molar-refractivity contribution < 1.29 is 13.6 Å². The van der Waals surface area contributed by atoms with Crippen molar-refractivity contribution in [1.82, 2.24) is 4.90 Å². The highest BCUT2D eigenvalue weighted by Crippen LogP contribution is 2.31. The molecule has 0 aromatic heterocycles. The molecule has 0 heterocycles. The monoisotopic (exact) mass is 352 g/mol. The highest BCUT2D eigenvalue weighted by atomic mass is 19.1. The summed E-state index contributed by atoms with van der Waals surface area (Å²) in [6.45, 7) is 5.79. The van der Waals surface area contributed by atoms with Crippen LogP contribution >= 0.6 is 0 Å². The summed E-state index contributed by atoms with van der Waals surface area (Å²) in [5.41, 5.74) is 6.24. The van der Waals surface area contributed by atoms with Crippen LogP contribution in [0, 0.1) is 23.0 Å². The summed E-state index contributed by atoms with van der Waals surface area (Å²) in [6.07, 6.45) is 3.97. The van der Waals surface area contributed by atoms with Crippen LogP contribution in [0.2, 0.25) is 0 Å². The van der Waals surface area contributed by atoms with Gasteiger partial charge >= 0.3 is 0 Å². The molecule has 0 saturated heterocycles. The number of carbonyl (C=O) groups is 1. The standard InChI is InChI=1S/C20H30F2N2O/c1-20(2,3)19(25)24(4)16-8-5-13(6-9-16)18(23)12-14-11-15(21)7-10-17(14)22/h7,10-11,13,16,18H,5-6,8-9,12,23H2,1-4H3/t13?,16?,18-/m1/s1.